The Hall–Kier alpha value is -2.08. The molecule has 4 aliphatic carbocycles. The molecule has 4 aliphatic rings. The van der Waals surface area contributed by atoms with Gasteiger partial charge in [0.1, 0.15) is 5.75 Å². The van der Waals surface area contributed by atoms with Crippen LogP contribution in [0.25, 0.3) is 0 Å². The molecular formula is C21H27NO5. The average Bonchev–Trinajstić information content (AvgIpc) is 2.57. The smallest absolute Gasteiger partial charge is 0.306 e. The normalized spacial score (nSPS) is 33.6. The van der Waals surface area contributed by atoms with E-state index in [4.69, 9.17) is 9.47 Å². The third kappa shape index (κ3) is 3.95. The lowest BCUT2D eigenvalue weighted by Crippen LogP contribution is -2.56. The quantitative estimate of drug-likeness (QED) is 0.749. The number of hydrogen-bond donors (Lipinski definition) is 2. The molecular weight excluding hydrogens is 346 g/mol. The van der Waals surface area contributed by atoms with Gasteiger partial charge in [-0.3, -0.25) is 9.59 Å². The number of amides is 1. The Morgan fingerprint density at radius 1 is 1.22 bits per heavy atom. The third-order valence-corrected chi connectivity index (χ3v) is 6.39. The highest BCUT2D eigenvalue weighted by molar-refractivity contribution is 5.93. The number of ether oxygens (including phenoxy) is 2. The summed E-state index contributed by atoms with van der Waals surface area (Å²) in [7, 11) is 1.56. The van der Waals surface area contributed by atoms with Crippen LogP contribution in [0.3, 0.4) is 0 Å². The topological polar surface area (TPSA) is 84.9 Å². The molecule has 6 heteroatoms. The molecule has 4 saturated carbocycles. The molecule has 2 unspecified atom stereocenters. The molecule has 5 rings (SSSR count). The first-order valence-corrected chi connectivity index (χ1v) is 9.69. The number of benzene rings is 1. The fraction of sp³-hybridized carbons (Fsp3) is 0.619. The van der Waals surface area contributed by atoms with Crippen LogP contribution in [0.1, 0.15) is 44.9 Å². The summed E-state index contributed by atoms with van der Waals surface area (Å²) in [5, 5.41) is 13.5. The van der Waals surface area contributed by atoms with Gasteiger partial charge in [-0.15, -0.1) is 0 Å². The highest BCUT2D eigenvalue weighted by Gasteiger charge is 2.57. The van der Waals surface area contributed by atoms with Crippen molar-refractivity contribution in [3.05, 3.63) is 24.3 Å². The third-order valence-electron chi connectivity index (χ3n) is 6.39. The maximum absolute atomic E-state index is 12.4. The summed E-state index contributed by atoms with van der Waals surface area (Å²) in [6.07, 6.45) is 5.93. The molecule has 0 aromatic heterocycles. The van der Waals surface area contributed by atoms with Gasteiger partial charge in [0.05, 0.1) is 19.1 Å². The minimum absolute atomic E-state index is 0.140. The Labute approximate surface area is 159 Å². The van der Waals surface area contributed by atoms with E-state index in [1.165, 1.54) is 6.42 Å². The van der Waals surface area contributed by atoms with Crippen LogP contribution in [0.5, 0.6) is 5.75 Å². The number of esters is 1. The van der Waals surface area contributed by atoms with Crippen LogP contribution in [-0.2, 0) is 14.3 Å². The Bertz CT molecular complexity index is 732. The second kappa shape index (κ2) is 6.82. The van der Waals surface area contributed by atoms with E-state index in [0.29, 0.717) is 36.1 Å². The van der Waals surface area contributed by atoms with Crippen molar-refractivity contribution < 1.29 is 24.2 Å². The number of carbonyl (C=O) groups is 2. The lowest BCUT2D eigenvalue weighted by atomic mass is 9.47. The number of nitrogens with one attached hydrogen (secondary N) is 1. The average molecular weight is 373 g/mol. The number of anilines is 1. The predicted molar refractivity (Wildman–Crippen MR) is 99.3 cm³/mol. The zero-order valence-electron chi connectivity index (χ0n) is 15.7. The van der Waals surface area contributed by atoms with E-state index < -0.39 is 5.60 Å². The first kappa shape index (κ1) is 18.3. The van der Waals surface area contributed by atoms with Gasteiger partial charge in [0, 0.05) is 11.8 Å². The summed E-state index contributed by atoms with van der Waals surface area (Å²) in [6.45, 7) is -0.302. The molecule has 27 heavy (non-hydrogen) atoms. The molecule has 2 N–H and O–H groups in total. The molecule has 0 heterocycles. The van der Waals surface area contributed by atoms with E-state index >= 15 is 0 Å². The monoisotopic (exact) mass is 373 g/mol. The Morgan fingerprint density at radius 3 is 2.63 bits per heavy atom. The summed E-state index contributed by atoms with van der Waals surface area (Å²) >= 11 is 0. The second-order valence-electron chi connectivity index (χ2n) is 8.80. The molecule has 1 aromatic carbocycles. The van der Waals surface area contributed by atoms with Crippen molar-refractivity contribution in [1.29, 1.82) is 0 Å². The van der Waals surface area contributed by atoms with Crippen LogP contribution in [0.4, 0.5) is 5.69 Å². The van der Waals surface area contributed by atoms with Crippen molar-refractivity contribution in [2.24, 2.45) is 17.3 Å². The van der Waals surface area contributed by atoms with Crippen molar-refractivity contribution in [3.63, 3.8) is 0 Å². The standard InChI is InChI=1S/C21H27NO5/c1-26-17-4-2-3-16(6-17)22-18(23)12-27-19(24)11-20-7-14-5-15(8-20)10-21(25,9-14)13-20/h2-4,6,14-15,25H,5,7-13H2,1H3,(H,22,23)/t14-,15+,20?,21?. The molecule has 0 saturated heterocycles. The van der Waals surface area contributed by atoms with E-state index in [-0.39, 0.29) is 23.9 Å². The summed E-state index contributed by atoms with van der Waals surface area (Å²) < 4.78 is 10.4. The van der Waals surface area contributed by atoms with Crippen molar-refractivity contribution in [1.82, 2.24) is 0 Å². The van der Waals surface area contributed by atoms with Gasteiger partial charge in [-0.25, -0.2) is 0 Å². The minimum Gasteiger partial charge on any atom is -0.497 e. The molecule has 0 radical (unpaired) electrons. The molecule has 1 amide bonds. The van der Waals surface area contributed by atoms with Gasteiger partial charge < -0.3 is 19.9 Å². The Morgan fingerprint density at radius 2 is 1.96 bits per heavy atom. The molecule has 146 valence electrons. The summed E-state index contributed by atoms with van der Waals surface area (Å²) in [6, 6.07) is 7.02. The number of carbonyl (C=O) groups excluding carboxylic acids is 2. The zero-order chi connectivity index (χ0) is 19.1. The van der Waals surface area contributed by atoms with Crippen molar-refractivity contribution in [2.75, 3.05) is 19.0 Å². The molecule has 4 fully saturated rings. The molecule has 4 atom stereocenters. The fourth-order valence-electron chi connectivity index (χ4n) is 6.01. The van der Waals surface area contributed by atoms with Crippen LogP contribution in [0, 0.1) is 17.3 Å². The van der Waals surface area contributed by atoms with Gasteiger partial charge in [-0.1, -0.05) is 6.07 Å². The van der Waals surface area contributed by atoms with E-state index in [1.54, 1.807) is 31.4 Å². The molecule has 6 nitrogen and oxygen atoms in total. The Balaban J connectivity index is 1.29. The lowest BCUT2D eigenvalue weighted by molar-refractivity contribution is -0.177. The van der Waals surface area contributed by atoms with Gasteiger partial charge >= 0.3 is 5.97 Å². The predicted octanol–water partition coefficient (Wildman–Crippen LogP) is 2.90. The van der Waals surface area contributed by atoms with Gasteiger partial charge in [0.25, 0.3) is 5.91 Å². The van der Waals surface area contributed by atoms with Crippen LogP contribution < -0.4 is 10.1 Å². The van der Waals surface area contributed by atoms with Gasteiger partial charge in [-0.05, 0) is 67.9 Å². The molecule has 4 bridgehead atoms. The highest BCUT2D eigenvalue weighted by atomic mass is 16.5. The van der Waals surface area contributed by atoms with E-state index in [9.17, 15) is 14.7 Å². The van der Waals surface area contributed by atoms with Crippen molar-refractivity contribution in [3.8, 4) is 5.75 Å². The largest absolute Gasteiger partial charge is 0.497 e. The zero-order valence-corrected chi connectivity index (χ0v) is 15.7. The summed E-state index contributed by atoms with van der Waals surface area (Å²) in [5.74, 6) is 0.979. The number of methoxy groups -OCH3 is 1. The van der Waals surface area contributed by atoms with Crippen LogP contribution >= 0.6 is 0 Å². The fourth-order valence-corrected chi connectivity index (χ4v) is 6.01. The number of rotatable bonds is 6. The van der Waals surface area contributed by atoms with E-state index in [0.717, 1.165) is 25.7 Å². The van der Waals surface area contributed by atoms with E-state index in [1.807, 2.05) is 0 Å². The molecule has 0 aliphatic heterocycles. The highest BCUT2D eigenvalue weighted by Crippen LogP contribution is 2.62. The number of aliphatic hydroxyl groups is 1. The first-order chi connectivity index (χ1) is 12.9. The van der Waals surface area contributed by atoms with Gasteiger partial charge in [-0.2, -0.15) is 0 Å². The first-order valence-electron chi connectivity index (χ1n) is 9.69. The second-order valence-corrected chi connectivity index (χ2v) is 8.80. The van der Waals surface area contributed by atoms with Gasteiger partial charge in [0.2, 0.25) is 0 Å². The molecule has 1 aromatic rings. The van der Waals surface area contributed by atoms with Crippen molar-refractivity contribution >= 4 is 17.6 Å². The SMILES string of the molecule is COc1cccc(NC(=O)COC(=O)CC23C[C@@H]4C[C@@H](CC(O)(C4)C2)C3)c1. The summed E-state index contributed by atoms with van der Waals surface area (Å²) in [5.41, 5.74) is -0.133. The van der Waals surface area contributed by atoms with Crippen LogP contribution in [-0.4, -0.2) is 36.3 Å². The maximum atomic E-state index is 12.4. The molecule has 0 spiro atoms. The number of hydrogen-bond acceptors (Lipinski definition) is 5. The summed E-state index contributed by atoms with van der Waals surface area (Å²) in [4.78, 5) is 24.4. The maximum Gasteiger partial charge on any atom is 0.306 e. The van der Waals surface area contributed by atoms with Gasteiger partial charge in [0.15, 0.2) is 6.61 Å². The van der Waals surface area contributed by atoms with Crippen LogP contribution in [0.15, 0.2) is 24.3 Å². The Kier molecular flexibility index (Phi) is 4.62. The van der Waals surface area contributed by atoms with Crippen molar-refractivity contribution in [2.45, 2.75) is 50.5 Å². The lowest BCUT2D eigenvalue weighted by Gasteiger charge is -2.60. The van der Waals surface area contributed by atoms with E-state index in [2.05, 4.69) is 5.32 Å². The van der Waals surface area contributed by atoms with Crippen LogP contribution in [0.2, 0.25) is 0 Å². The minimum atomic E-state index is -0.589.